The van der Waals surface area contributed by atoms with Crippen molar-refractivity contribution in [3.05, 3.63) is 28.2 Å². The average Bonchev–Trinajstić information content (AvgIpc) is 2.32. The molecular weight excluding hydrogens is 236 g/mol. The van der Waals surface area contributed by atoms with Gasteiger partial charge in [0.25, 0.3) is 0 Å². The maximum atomic E-state index is 11.6. The predicted octanol–water partition coefficient (Wildman–Crippen LogP) is 1.22. The first-order valence-corrected chi connectivity index (χ1v) is 5.94. The largest absolute Gasteiger partial charge is 0.487 e. The van der Waals surface area contributed by atoms with Gasteiger partial charge in [0.2, 0.25) is 5.43 Å². The lowest BCUT2D eigenvalue weighted by Gasteiger charge is -2.11. The third-order valence-corrected chi connectivity index (χ3v) is 2.53. The topological polar surface area (TPSA) is 94.6 Å². The number of aromatic carboxylic acids is 1. The van der Waals surface area contributed by atoms with E-state index in [1.807, 2.05) is 0 Å². The van der Waals surface area contributed by atoms with Crippen LogP contribution < -0.4 is 16.0 Å². The van der Waals surface area contributed by atoms with Crippen molar-refractivity contribution < 1.29 is 14.6 Å². The van der Waals surface area contributed by atoms with E-state index in [1.54, 1.807) is 0 Å². The summed E-state index contributed by atoms with van der Waals surface area (Å²) in [5.74, 6) is 3.99. The van der Waals surface area contributed by atoms with E-state index in [-0.39, 0.29) is 11.4 Å². The van der Waals surface area contributed by atoms with Gasteiger partial charge >= 0.3 is 5.97 Å². The second-order valence-corrected chi connectivity index (χ2v) is 3.98. The third kappa shape index (κ3) is 3.51. The van der Waals surface area contributed by atoms with E-state index in [1.165, 1.54) is 12.3 Å². The Bertz CT molecular complexity index is 468. The van der Waals surface area contributed by atoms with Crippen molar-refractivity contribution in [3.8, 4) is 5.75 Å². The maximum Gasteiger partial charge on any atom is 0.358 e. The zero-order valence-corrected chi connectivity index (χ0v) is 10.4. The van der Waals surface area contributed by atoms with Crippen molar-refractivity contribution >= 4 is 5.97 Å². The van der Waals surface area contributed by atoms with Crippen LogP contribution in [0.2, 0.25) is 0 Å². The summed E-state index contributed by atoms with van der Waals surface area (Å²) < 4.78 is 6.14. The summed E-state index contributed by atoms with van der Waals surface area (Å²) in [4.78, 5) is 22.6. The molecule has 0 spiro atoms. The van der Waals surface area contributed by atoms with Gasteiger partial charge in [-0.25, -0.2) is 4.79 Å². The quantitative estimate of drug-likeness (QED) is 0.563. The van der Waals surface area contributed by atoms with Crippen LogP contribution in [-0.2, 0) is 0 Å². The highest BCUT2D eigenvalue weighted by atomic mass is 16.5. The first kappa shape index (κ1) is 14.1. The zero-order valence-electron chi connectivity index (χ0n) is 10.4. The van der Waals surface area contributed by atoms with Crippen molar-refractivity contribution in [1.82, 2.24) is 4.68 Å². The van der Waals surface area contributed by atoms with Crippen LogP contribution in [-0.4, -0.2) is 22.4 Å². The molecule has 0 atom stereocenters. The van der Waals surface area contributed by atoms with Gasteiger partial charge in [-0.1, -0.05) is 26.2 Å². The number of hydrogen-bond donors (Lipinski definition) is 2. The molecule has 0 radical (unpaired) electrons. The number of pyridine rings is 1. The van der Waals surface area contributed by atoms with Crippen molar-refractivity contribution in [2.45, 2.75) is 32.6 Å². The number of nitrogen functional groups attached to an aromatic ring is 1. The van der Waals surface area contributed by atoms with Gasteiger partial charge in [-0.2, -0.15) is 0 Å². The molecule has 0 aromatic carbocycles. The van der Waals surface area contributed by atoms with Crippen LogP contribution in [0.15, 0.2) is 17.1 Å². The van der Waals surface area contributed by atoms with Crippen molar-refractivity contribution in [2.24, 2.45) is 0 Å². The van der Waals surface area contributed by atoms with Crippen LogP contribution in [0.25, 0.3) is 0 Å². The minimum atomic E-state index is -1.28. The van der Waals surface area contributed by atoms with Crippen LogP contribution in [0.4, 0.5) is 0 Å². The van der Waals surface area contributed by atoms with Gasteiger partial charge in [-0.3, -0.25) is 9.47 Å². The first-order chi connectivity index (χ1) is 8.57. The molecule has 0 aliphatic carbocycles. The summed E-state index contributed by atoms with van der Waals surface area (Å²) in [7, 11) is 0. The normalized spacial score (nSPS) is 10.3. The smallest absolute Gasteiger partial charge is 0.358 e. The minimum Gasteiger partial charge on any atom is -0.487 e. The molecule has 0 amide bonds. The van der Waals surface area contributed by atoms with Gasteiger partial charge in [0, 0.05) is 12.3 Å². The number of ether oxygens (including phenoxy) is 1. The number of nitrogens with two attached hydrogens (primary N) is 1. The molecule has 1 rings (SSSR count). The summed E-state index contributed by atoms with van der Waals surface area (Å²) in [5, 5.41) is 8.99. The summed E-state index contributed by atoms with van der Waals surface area (Å²) in [6.45, 7) is 2.41. The molecular formula is C12H18N2O4. The maximum absolute atomic E-state index is 11.6. The number of carboxylic acid groups (broad SMARTS) is 1. The van der Waals surface area contributed by atoms with E-state index in [2.05, 4.69) is 6.92 Å². The number of carbonyl (C=O) groups is 1. The van der Waals surface area contributed by atoms with Gasteiger partial charge in [0.05, 0.1) is 6.61 Å². The average molecular weight is 254 g/mol. The third-order valence-electron chi connectivity index (χ3n) is 2.53. The van der Waals surface area contributed by atoms with Crippen LogP contribution >= 0.6 is 0 Å². The number of carboxylic acids is 1. The van der Waals surface area contributed by atoms with Crippen molar-refractivity contribution in [2.75, 3.05) is 12.4 Å². The van der Waals surface area contributed by atoms with Crippen molar-refractivity contribution in [1.29, 1.82) is 0 Å². The second-order valence-electron chi connectivity index (χ2n) is 3.98. The highest BCUT2D eigenvalue weighted by molar-refractivity contribution is 5.88. The molecule has 1 aromatic rings. The van der Waals surface area contributed by atoms with Crippen LogP contribution in [0, 0.1) is 0 Å². The SMILES string of the molecule is CCCCCCOc1c(C(=O)O)n(N)ccc1=O. The molecule has 0 saturated heterocycles. The Morgan fingerprint density at radius 1 is 1.44 bits per heavy atom. The van der Waals surface area contributed by atoms with E-state index < -0.39 is 11.4 Å². The van der Waals surface area contributed by atoms with Gasteiger partial charge in [-0.05, 0) is 6.42 Å². The summed E-state index contributed by atoms with van der Waals surface area (Å²) in [6, 6.07) is 1.19. The Kier molecular flexibility index (Phi) is 5.23. The molecule has 1 aromatic heterocycles. The fourth-order valence-corrected chi connectivity index (χ4v) is 1.58. The Balaban J connectivity index is 2.78. The highest BCUT2D eigenvalue weighted by Gasteiger charge is 2.18. The molecule has 0 aliphatic rings. The highest BCUT2D eigenvalue weighted by Crippen LogP contribution is 2.12. The Labute approximate surface area is 105 Å². The molecule has 1 heterocycles. The van der Waals surface area contributed by atoms with Gasteiger partial charge in [0.15, 0.2) is 11.4 Å². The van der Waals surface area contributed by atoms with E-state index in [0.717, 1.165) is 30.4 Å². The van der Waals surface area contributed by atoms with Gasteiger partial charge in [0.1, 0.15) is 0 Å². The van der Waals surface area contributed by atoms with Crippen LogP contribution in [0.5, 0.6) is 5.75 Å². The van der Waals surface area contributed by atoms with Gasteiger partial charge in [-0.15, -0.1) is 0 Å². The van der Waals surface area contributed by atoms with E-state index in [9.17, 15) is 9.59 Å². The minimum absolute atomic E-state index is 0.191. The lowest BCUT2D eigenvalue weighted by molar-refractivity contribution is 0.0680. The molecule has 0 bridgehead atoms. The van der Waals surface area contributed by atoms with Crippen LogP contribution in [0.3, 0.4) is 0 Å². The number of nitrogens with zero attached hydrogens (tertiary/aromatic N) is 1. The second kappa shape index (κ2) is 6.68. The molecule has 0 fully saturated rings. The molecule has 6 nitrogen and oxygen atoms in total. The zero-order chi connectivity index (χ0) is 13.5. The Morgan fingerprint density at radius 3 is 2.78 bits per heavy atom. The predicted molar refractivity (Wildman–Crippen MR) is 67.4 cm³/mol. The molecule has 18 heavy (non-hydrogen) atoms. The fraction of sp³-hybridized carbons (Fsp3) is 0.500. The van der Waals surface area contributed by atoms with Gasteiger partial charge < -0.3 is 15.7 Å². The fourth-order valence-electron chi connectivity index (χ4n) is 1.58. The van der Waals surface area contributed by atoms with E-state index in [0.29, 0.717) is 6.61 Å². The monoisotopic (exact) mass is 254 g/mol. The Morgan fingerprint density at radius 2 is 2.17 bits per heavy atom. The molecule has 0 aliphatic heterocycles. The molecule has 6 heteroatoms. The molecule has 3 N–H and O–H groups in total. The first-order valence-electron chi connectivity index (χ1n) is 5.94. The standard InChI is InChI=1S/C12H18N2O4/c1-2-3-4-5-8-18-11-9(15)6-7-14(13)10(11)12(16)17/h6-7H,2-5,8,13H2,1H3,(H,16,17). The summed E-state index contributed by atoms with van der Waals surface area (Å²) in [6.07, 6.45) is 5.16. The summed E-state index contributed by atoms with van der Waals surface area (Å²) >= 11 is 0. The lowest BCUT2D eigenvalue weighted by atomic mass is 10.2. The summed E-state index contributed by atoms with van der Waals surface area (Å²) in [5.41, 5.74) is -0.789. The van der Waals surface area contributed by atoms with Crippen LogP contribution in [0.1, 0.15) is 43.1 Å². The van der Waals surface area contributed by atoms with Crippen molar-refractivity contribution in [3.63, 3.8) is 0 Å². The van der Waals surface area contributed by atoms with E-state index in [4.69, 9.17) is 15.7 Å². The number of aromatic nitrogens is 1. The number of unbranched alkanes of at least 4 members (excludes halogenated alkanes) is 3. The van der Waals surface area contributed by atoms with E-state index >= 15 is 0 Å². The molecule has 0 saturated carbocycles. The molecule has 100 valence electrons. The number of rotatable bonds is 7. The lowest BCUT2D eigenvalue weighted by Crippen LogP contribution is -2.24. The number of hydrogen-bond acceptors (Lipinski definition) is 4. The molecule has 0 unspecified atom stereocenters. The Hall–Kier alpha value is -1.98.